The van der Waals surface area contributed by atoms with Crippen LogP contribution in [-0.2, 0) is 19.6 Å². The summed E-state index contributed by atoms with van der Waals surface area (Å²) in [4.78, 5) is 22.4. The average molecular weight is 309 g/mol. The van der Waals surface area contributed by atoms with Crippen LogP contribution in [0.15, 0.2) is 0 Å². The summed E-state index contributed by atoms with van der Waals surface area (Å²) in [6, 6.07) is -1.23. The molecule has 1 heterocycles. The fourth-order valence-electron chi connectivity index (χ4n) is 1.75. The van der Waals surface area contributed by atoms with Crippen LogP contribution in [0.25, 0.3) is 0 Å². The van der Waals surface area contributed by atoms with E-state index in [1.807, 2.05) is 0 Å². The minimum atomic E-state index is -3.39. The molecule has 0 aromatic rings. The van der Waals surface area contributed by atoms with Gasteiger partial charge in [-0.3, -0.25) is 4.79 Å². The third-order valence-electron chi connectivity index (χ3n) is 2.73. The molecule has 2 atom stereocenters. The maximum atomic E-state index is 11.5. The number of amides is 2. The molecule has 2 unspecified atom stereocenters. The predicted molar refractivity (Wildman–Crippen MR) is 69.7 cm³/mol. The van der Waals surface area contributed by atoms with Crippen LogP contribution in [0.3, 0.4) is 0 Å². The molecule has 20 heavy (non-hydrogen) atoms. The van der Waals surface area contributed by atoms with Crippen molar-refractivity contribution >= 4 is 22.0 Å². The average Bonchev–Trinajstić information content (AvgIpc) is 2.76. The lowest BCUT2D eigenvalue weighted by Gasteiger charge is -2.16. The Bertz CT molecular complexity index is 452. The molecule has 0 aliphatic carbocycles. The number of carboxylic acids is 1. The molecule has 0 aromatic heterocycles. The first-order valence-electron chi connectivity index (χ1n) is 6.18. The van der Waals surface area contributed by atoms with E-state index in [0.717, 1.165) is 0 Å². The summed E-state index contributed by atoms with van der Waals surface area (Å²) in [6.07, 6.45) is 0. The summed E-state index contributed by atoms with van der Waals surface area (Å²) >= 11 is 0. The van der Waals surface area contributed by atoms with Crippen molar-refractivity contribution in [3.8, 4) is 0 Å². The first kappa shape index (κ1) is 16.7. The van der Waals surface area contributed by atoms with Gasteiger partial charge in [0.05, 0.1) is 25.0 Å². The molecule has 0 bridgehead atoms. The van der Waals surface area contributed by atoms with E-state index in [2.05, 4.69) is 15.4 Å². The van der Waals surface area contributed by atoms with Crippen molar-refractivity contribution in [1.29, 1.82) is 0 Å². The Balaban J connectivity index is 2.32. The Morgan fingerprint density at radius 3 is 2.65 bits per heavy atom. The Kier molecular flexibility index (Phi) is 6.17. The molecule has 0 aromatic carbocycles. The van der Waals surface area contributed by atoms with E-state index in [9.17, 15) is 18.0 Å². The van der Waals surface area contributed by atoms with Gasteiger partial charge in [-0.2, -0.15) is 0 Å². The second-order valence-corrected chi connectivity index (χ2v) is 6.23. The van der Waals surface area contributed by atoms with Crippen LogP contribution in [0.2, 0.25) is 0 Å². The number of rotatable bonds is 7. The summed E-state index contributed by atoms with van der Waals surface area (Å²) in [5.74, 6) is -2.06. The van der Waals surface area contributed by atoms with Crippen LogP contribution >= 0.6 is 0 Å². The van der Waals surface area contributed by atoms with Crippen molar-refractivity contribution in [2.75, 3.05) is 32.1 Å². The molecule has 0 saturated carbocycles. The van der Waals surface area contributed by atoms with Crippen LogP contribution in [-0.4, -0.2) is 63.6 Å². The highest BCUT2D eigenvalue weighted by Gasteiger charge is 2.35. The van der Waals surface area contributed by atoms with Crippen molar-refractivity contribution < 1.29 is 27.9 Å². The highest BCUT2D eigenvalue weighted by atomic mass is 32.2. The lowest BCUT2D eigenvalue weighted by molar-refractivity contribution is -0.142. The second-order valence-electron chi connectivity index (χ2n) is 4.31. The monoisotopic (exact) mass is 309 g/mol. The van der Waals surface area contributed by atoms with E-state index >= 15 is 0 Å². The number of ether oxygens (including phenoxy) is 1. The fraction of sp³-hybridized carbons (Fsp3) is 0.800. The first-order valence-corrected chi connectivity index (χ1v) is 7.83. The summed E-state index contributed by atoms with van der Waals surface area (Å²) in [7, 11) is -3.39. The number of nitrogens with one attached hydrogen (secondary N) is 3. The molecule has 4 N–H and O–H groups in total. The van der Waals surface area contributed by atoms with Gasteiger partial charge in [-0.25, -0.2) is 17.9 Å². The summed E-state index contributed by atoms with van der Waals surface area (Å²) in [5.41, 5.74) is 0. The standard InChI is InChI=1S/C10H19N3O6S/c1-2-12-20(17,18)4-3-11-10(16)13-8-6-19-5-7(8)9(14)15/h7-8,12H,2-6H2,1H3,(H,14,15)(H2,11,13,16). The fourth-order valence-corrected chi connectivity index (χ4v) is 2.71. The topological polar surface area (TPSA) is 134 Å². The van der Waals surface area contributed by atoms with Crippen LogP contribution < -0.4 is 15.4 Å². The van der Waals surface area contributed by atoms with E-state index in [1.165, 1.54) is 0 Å². The SMILES string of the molecule is CCNS(=O)(=O)CCNC(=O)NC1COCC1C(=O)O. The van der Waals surface area contributed by atoms with E-state index in [-0.39, 0.29) is 32.1 Å². The number of aliphatic carboxylic acids is 1. The van der Waals surface area contributed by atoms with Crippen molar-refractivity contribution in [2.24, 2.45) is 5.92 Å². The van der Waals surface area contributed by atoms with Gasteiger partial charge in [0.2, 0.25) is 10.0 Å². The Morgan fingerprint density at radius 2 is 2.05 bits per heavy atom. The molecule has 0 radical (unpaired) electrons. The summed E-state index contributed by atoms with van der Waals surface area (Å²) in [5, 5.41) is 13.7. The molecule has 2 amide bonds. The largest absolute Gasteiger partial charge is 0.481 e. The number of carboxylic acid groups (broad SMARTS) is 1. The van der Waals surface area contributed by atoms with Gasteiger partial charge in [0, 0.05) is 13.1 Å². The normalized spacial score (nSPS) is 22.4. The lowest BCUT2D eigenvalue weighted by atomic mass is 10.0. The highest BCUT2D eigenvalue weighted by Crippen LogP contribution is 2.13. The number of sulfonamides is 1. The maximum absolute atomic E-state index is 11.5. The quantitative estimate of drug-likeness (QED) is 0.444. The van der Waals surface area contributed by atoms with Crippen LogP contribution in [0.5, 0.6) is 0 Å². The number of urea groups is 1. The van der Waals surface area contributed by atoms with Gasteiger partial charge in [-0.1, -0.05) is 6.92 Å². The van der Waals surface area contributed by atoms with Crippen molar-refractivity contribution in [2.45, 2.75) is 13.0 Å². The van der Waals surface area contributed by atoms with Gasteiger partial charge in [0.15, 0.2) is 0 Å². The zero-order valence-corrected chi connectivity index (χ0v) is 11.9. The molecule has 1 rings (SSSR count). The Labute approximate surface area is 117 Å². The van der Waals surface area contributed by atoms with E-state index in [0.29, 0.717) is 0 Å². The second kappa shape index (κ2) is 7.41. The molecule has 10 heteroatoms. The minimum absolute atomic E-state index is 0.0507. The molecule has 1 aliphatic rings. The zero-order chi connectivity index (χ0) is 15.2. The Hall–Kier alpha value is -1.39. The molecule has 9 nitrogen and oxygen atoms in total. The van der Waals surface area contributed by atoms with Gasteiger partial charge in [0.25, 0.3) is 0 Å². The molecule has 1 aliphatic heterocycles. The van der Waals surface area contributed by atoms with Crippen LogP contribution in [0.4, 0.5) is 4.79 Å². The first-order chi connectivity index (χ1) is 9.35. The maximum Gasteiger partial charge on any atom is 0.315 e. The van der Waals surface area contributed by atoms with E-state index in [1.54, 1.807) is 6.92 Å². The molecule has 1 fully saturated rings. The summed E-state index contributed by atoms with van der Waals surface area (Å²) in [6.45, 7) is 2.06. The van der Waals surface area contributed by atoms with Crippen molar-refractivity contribution in [3.05, 3.63) is 0 Å². The smallest absolute Gasteiger partial charge is 0.315 e. The summed E-state index contributed by atoms with van der Waals surface area (Å²) < 4.78 is 29.9. The molecular formula is C10H19N3O6S. The number of carbonyl (C=O) groups is 2. The van der Waals surface area contributed by atoms with E-state index in [4.69, 9.17) is 9.84 Å². The molecular weight excluding hydrogens is 290 g/mol. The van der Waals surface area contributed by atoms with Gasteiger partial charge in [-0.05, 0) is 0 Å². The van der Waals surface area contributed by atoms with Gasteiger partial charge in [0.1, 0.15) is 5.92 Å². The minimum Gasteiger partial charge on any atom is -0.481 e. The number of carbonyl (C=O) groups excluding carboxylic acids is 1. The van der Waals surface area contributed by atoms with Gasteiger partial charge >= 0.3 is 12.0 Å². The van der Waals surface area contributed by atoms with Crippen LogP contribution in [0, 0.1) is 5.92 Å². The van der Waals surface area contributed by atoms with Crippen molar-refractivity contribution in [1.82, 2.24) is 15.4 Å². The van der Waals surface area contributed by atoms with E-state index < -0.39 is 34.0 Å². The van der Waals surface area contributed by atoms with Gasteiger partial charge in [-0.15, -0.1) is 0 Å². The third kappa shape index (κ3) is 5.31. The zero-order valence-electron chi connectivity index (χ0n) is 11.1. The highest BCUT2D eigenvalue weighted by molar-refractivity contribution is 7.89. The van der Waals surface area contributed by atoms with Gasteiger partial charge < -0.3 is 20.5 Å². The van der Waals surface area contributed by atoms with Crippen LogP contribution in [0.1, 0.15) is 6.92 Å². The number of hydrogen-bond donors (Lipinski definition) is 4. The van der Waals surface area contributed by atoms with Crippen molar-refractivity contribution in [3.63, 3.8) is 0 Å². The predicted octanol–water partition coefficient (Wildman–Crippen LogP) is -1.68. The molecule has 116 valence electrons. The Morgan fingerprint density at radius 1 is 1.35 bits per heavy atom. The number of hydrogen-bond acceptors (Lipinski definition) is 5. The molecule has 1 saturated heterocycles. The molecule has 0 spiro atoms. The third-order valence-corrected chi connectivity index (χ3v) is 4.20. The lowest BCUT2D eigenvalue weighted by Crippen LogP contribution is -2.48.